The summed E-state index contributed by atoms with van der Waals surface area (Å²) in [6.07, 6.45) is 1.73. The molecule has 0 aliphatic carbocycles. The molecule has 0 atom stereocenters. The summed E-state index contributed by atoms with van der Waals surface area (Å²) < 4.78 is 3.39. The lowest BCUT2D eigenvalue weighted by Gasteiger charge is -2.09. The van der Waals surface area contributed by atoms with Gasteiger partial charge in [0.25, 0.3) is 5.56 Å². The number of nitrogens with zero attached hydrogens (tertiary/aromatic N) is 3. The SMILES string of the molecule is Cc1cc(=O)[nH]c(NN=Cc2cc(C)n(-c3ccc(I)cc3)c2C)n1. The summed E-state index contributed by atoms with van der Waals surface area (Å²) in [6, 6.07) is 11.9. The molecule has 1 aromatic carbocycles. The highest BCUT2D eigenvalue weighted by Gasteiger charge is 2.09. The van der Waals surface area contributed by atoms with Gasteiger partial charge in [0, 0.05) is 38.0 Å². The van der Waals surface area contributed by atoms with Crippen LogP contribution in [0.2, 0.25) is 0 Å². The number of halogens is 1. The third-order valence-electron chi connectivity index (χ3n) is 3.80. The smallest absolute Gasteiger partial charge is 0.252 e. The van der Waals surface area contributed by atoms with Crippen molar-refractivity contribution >= 4 is 34.8 Å². The average molecular weight is 447 g/mol. The molecule has 0 spiro atoms. The first-order valence-electron chi connectivity index (χ1n) is 7.76. The van der Waals surface area contributed by atoms with E-state index in [1.807, 2.05) is 0 Å². The molecular weight excluding hydrogens is 429 g/mol. The Morgan fingerprint density at radius 2 is 1.92 bits per heavy atom. The predicted octanol–water partition coefficient (Wildman–Crippen LogP) is 3.54. The standard InChI is InChI=1S/C18H18IN5O/c1-11-8-17(25)22-18(21-11)23-20-10-14-9-12(2)24(13(14)3)16-6-4-15(19)5-7-16/h4-10H,1-3H3,(H2,21,22,23,25). The van der Waals surface area contributed by atoms with Crippen LogP contribution in [0.1, 0.15) is 22.6 Å². The molecule has 3 rings (SSSR count). The van der Waals surface area contributed by atoms with Gasteiger partial charge in [0.15, 0.2) is 0 Å². The lowest BCUT2D eigenvalue weighted by Crippen LogP contribution is -2.10. The van der Waals surface area contributed by atoms with Gasteiger partial charge in [-0.2, -0.15) is 5.10 Å². The summed E-state index contributed by atoms with van der Waals surface area (Å²) in [4.78, 5) is 18.2. The van der Waals surface area contributed by atoms with Crippen molar-refractivity contribution in [2.45, 2.75) is 20.8 Å². The van der Waals surface area contributed by atoms with Gasteiger partial charge in [-0.3, -0.25) is 9.78 Å². The maximum Gasteiger partial charge on any atom is 0.252 e. The maximum absolute atomic E-state index is 11.4. The van der Waals surface area contributed by atoms with Gasteiger partial charge in [-0.15, -0.1) is 0 Å². The van der Waals surface area contributed by atoms with Gasteiger partial charge in [0.1, 0.15) is 0 Å². The number of nitrogens with one attached hydrogen (secondary N) is 2. The van der Waals surface area contributed by atoms with E-state index in [0.29, 0.717) is 11.6 Å². The first kappa shape index (κ1) is 17.4. The van der Waals surface area contributed by atoms with Crippen molar-refractivity contribution in [3.8, 4) is 5.69 Å². The van der Waals surface area contributed by atoms with E-state index in [9.17, 15) is 4.79 Å². The first-order valence-corrected chi connectivity index (χ1v) is 8.84. The van der Waals surface area contributed by atoms with Crippen molar-refractivity contribution < 1.29 is 0 Å². The lowest BCUT2D eigenvalue weighted by atomic mass is 10.2. The number of H-pyrrole nitrogens is 1. The molecule has 2 N–H and O–H groups in total. The second kappa shape index (κ2) is 7.22. The topological polar surface area (TPSA) is 75.1 Å². The zero-order chi connectivity index (χ0) is 18.0. The van der Waals surface area contributed by atoms with Gasteiger partial charge in [-0.25, -0.2) is 10.4 Å². The van der Waals surface area contributed by atoms with Crippen molar-refractivity contribution in [2.24, 2.45) is 5.10 Å². The summed E-state index contributed by atoms with van der Waals surface area (Å²) in [5, 5.41) is 4.19. The number of rotatable bonds is 4. The molecule has 0 unspecified atom stereocenters. The van der Waals surface area contributed by atoms with Gasteiger partial charge in [0.05, 0.1) is 6.21 Å². The van der Waals surface area contributed by atoms with E-state index in [-0.39, 0.29) is 5.56 Å². The molecule has 0 bridgehead atoms. The summed E-state index contributed by atoms with van der Waals surface area (Å²) in [5.41, 5.74) is 7.54. The van der Waals surface area contributed by atoms with Gasteiger partial charge >= 0.3 is 0 Å². The normalized spacial score (nSPS) is 11.2. The maximum atomic E-state index is 11.4. The van der Waals surface area contributed by atoms with Crippen LogP contribution in [0.5, 0.6) is 0 Å². The Kier molecular flexibility index (Phi) is 5.03. The van der Waals surface area contributed by atoms with E-state index in [0.717, 1.165) is 22.6 Å². The second-order valence-electron chi connectivity index (χ2n) is 5.74. The quantitative estimate of drug-likeness (QED) is 0.365. The largest absolute Gasteiger partial charge is 0.318 e. The molecule has 7 heteroatoms. The molecule has 0 amide bonds. The lowest BCUT2D eigenvalue weighted by molar-refractivity contribution is 0.964. The van der Waals surface area contributed by atoms with E-state index in [1.54, 1.807) is 13.1 Å². The van der Waals surface area contributed by atoms with Crippen LogP contribution in [-0.4, -0.2) is 20.7 Å². The molecule has 6 nitrogen and oxygen atoms in total. The first-order chi connectivity index (χ1) is 11.9. The molecule has 0 fully saturated rings. The number of benzene rings is 1. The van der Waals surface area contributed by atoms with Crippen LogP contribution in [0, 0.1) is 24.3 Å². The molecule has 0 aliphatic rings. The van der Waals surface area contributed by atoms with Crippen LogP contribution >= 0.6 is 22.6 Å². The number of aromatic nitrogens is 3. The highest BCUT2D eigenvalue weighted by Crippen LogP contribution is 2.20. The van der Waals surface area contributed by atoms with Gasteiger partial charge in [0.2, 0.25) is 5.95 Å². The highest BCUT2D eigenvalue weighted by molar-refractivity contribution is 14.1. The highest BCUT2D eigenvalue weighted by atomic mass is 127. The van der Waals surface area contributed by atoms with Gasteiger partial charge < -0.3 is 4.57 Å². The Balaban J connectivity index is 1.85. The van der Waals surface area contributed by atoms with Crippen LogP contribution in [-0.2, 0) is 0 Å². The minimum Gasteiger partial charge on any atom is -0.318 e. The van der Waals surface area contributed by atoms with Crippen molar-refractivity contribution in [1.29, 1.82) is 0 Å². The number of aromatic amines is 1. The third kappa shape index (κ3) is 3.98. The van der Waals surface area contributed by atoms with E-state index >= 15 is 0 Å². The Labute approximate surface area is 159 Å². The molecule has 25 heavy (non-hydrogen) atoms. The second-order valence-corrected chi connectivity index (χ2v) is 6.99. The van der Waals surface area contributed by atoms with Crippen LogP contribution in [0.25, 0.3) is 5.69 Å². The number of aryl methyl sites for hydroxylation is 2. The molecule has 0 saturated carbocycles. The van der Waals surface area contributed by atoms with Crippen molar-refractivity contribution in [3.05, 3.63) is 73.0 Å². The predicted molar refractivity (Wildman–Crippen MR) is 109 cm³/mol. The van der Waals surface area contributed by atoms with Crippen LogP contribution in [0.15, 0.2) is 46.3 Å². The molecule has 2 heterocycles. The fourth-order valence-corrected chi connectivity index (χ4v) is 3.06. The third-order valence-corrected chi connectivity index (χ3v) is 4.52. The van der Waals surface area contributed by atoms with Crippen LogP contribution in [0.4, 0.5) is 5.95 Å². The summed E-state index contributed by atoms with van der Waals surface area (Å²) in [5.74, 6) is 0.327. The van der Waals surface area contributed by atoms with Crippen LogP contribution < -0.4 is 11.0 Å². The van der Waals surface area contributed by atoms with Gasteiger partial charge in [-0.05, 0) is 73.7 Å². The average Bonchev–Trinajstić information content (AvgIpc) is 2.82. The Hall–Kier alpha value is -2.42. The Morgan fingerprint density at radius 1 is 1.20 bits per heavy atom. The summed E-state index contributed by atoms with van der Waals surface area (Å²) in [6.45, 7) is 5.88. The zero-order valence-electron chi connectivity index (χ0n) is 14.2. The number of hydrogen-bond acceptors (Lipinski definition) is 4. The minimum atomic E-state index is -0.206. The van der Waals surface area contributed by atoms with E-state index in [2.05, 4.69) is 91.8 Å². The zero-order valence-corrected chi connectivity index (χ0v) is 16.3. The Bertz CT molecular complexity index is 986. The number of anilines is 1. The molecule has 128 valence electrons. The monoisotopic (exact) mass is 447 g/mol. The molecule has 0 aliphatic heterocycles. The van der Waals surface area contributed by atoms with Crippen molar-refractivity contribution in [2.75, 3.05) is 5.43 Å². The van der Waals surface area contributed by atoms with Crippen molar-refractivity contribution in [1.82, 2.24) is 14.5 Å². The molecular formula is C18H18IN5O. The minimum absolute atomic E-state index is 0.206. The van der Waals surface area contributed by atoms with Crippen LogP contribution in [0.3, 0.4) is 0 Å². The Morgan fingerprint density at radius 3 is 2.60 bits per heavy atom. The number of hydrazone groups is 1. The summed E-state index contributed by atoms with van der Waals surface area (Å²) in [7, 11) is 0. The van der Waals surface area contributed by atoms with E-state index < -0.39 is 0 Å². The molecule has 2 aromatic heterocycles. The molecule has 3 aromatic rings. The molecule has 0 saturated heterocycles. The van der Waals surface area contributed by atoms with E-state index in [4.69, 9.17) is 0 Å². The summed E-state index contributed by atoms with van der Waals surface area (Å²) >= 11 is 2.30. The fraction of sp³-hybridized carbons (Fsp3) is 0.167. The number of hydrogen-bond donors (Lipinski definition) is 2. The van der Waals surface area contributed by atoms with Crippen molar-refractivity contribution in [3.63, 3.8) is 0 Å². The molecule has 0 radical (unpaired) electrons. The van der Waals surface area contributed by atoms with Gasteiger partial charge in [-0.1, -0.05) is 0 Å². The fourth-order valence-electron chi connectivity index (χ4n) is 2.70. The van der Waals surface area contributed by atoms with E-state index in [1.165, 1.54) is 9.64 Å².